The van der Waals surface area contributed by atoms with Crippen LogP contribution in [0.15, 0.2) is 0 Å². The van der Waals surface area contributed by atoms with Crippen LogP contribution in [0, 0.1) is 10.8 Å². The smallest absolute Gasteiger partial charge is 0.317 e. The van der Waals surface area contributed by atoms with E-state index < -0.39 is 11.4 Å². The van der Waals surface area contributed by atoms with Gasteiger partial charge in [0.25, 0.3) is 0 Å². The highest BCUT2D eigenvalue weighted by molar-refractivity contribution is 5.79. The van der Waals surface area contributed by atoms with Crippen LogP contribution in [0.1, 0.15) is 53.9 Å². The third-order valence-electron chi connectivity index (χ3n) is 3.97. The van der Waals surface area contributed by atoms with E-state index in [1.807, 2.05) is 6.92 Å². The Hall–Kier alpha value is -1.26. The second kappa shape index (κ2) is 6.02. The zero-order chi connectivity index (χ0) is 15.6. The Kier molecular flexibility index (Phi) is 5.05. The molecule has 0 aliphatic carbocycles. The number of nitrogens with zero attached hydrogens (tertiary/aromatic N) is 1. The Balaban J connectivity index is 2.43. The Morgan fingerprint density at radius 3 is 2.45 bits per heavy atom. The molecule has 0 aromatic rings. The van der Waals surface area contributed by atoms with E-state index >= 15 is 0 Å². The van der Waals surface area contributed by atoms with Crippen molar-refractivity contribution in [2.24, 2.45) is 10.8 Å². The number of carbonyl (C=O) groups excluding carboxylic acids is 1. The largest absolute Gasteiger partial charge is 0.481 e. The van der Waals surface area contributed by atoms with Crippen LogP contribution in [0.2, 0.25) is 0 Å². The van der Waals surface area contributed by atoms with Crippen LogP contribution >= 0.6 is 0 Å². The van der Waals surface area contributed by atoms with Crippen molar-refractivity contribution in [1.29, 1.82) is 0 Å². The van der Waals surface area contributed by atoms with Gasteiger partial charge in [-0.25, -0.2) is 4.79 Å². The summed E-state index contributed by atoms with van der Waals surface area (Å²) in [4.78, 5) is 24.9. The highest BCUT2D eigenvalue weighted by atomic mass is 16.4. The number of amides is 2. The van der Waals surface area contributed by atoms with Gasteiger partial charge in [-0.2, -0.15) is 0 Å². The minimum Gasteiger partial charge on any atom is -0.481 e. The fourth-order valence-electron chi connectivity index (χ4n) is 2.33. The molecule has 2 amide bonds. The molecule has 0 spiro atoms. The maximum absolute atomic E-state index is 12.1. The van der Waals surface area contributed by atoms with Crippen LogP contribution < -0.4 is 5.32 Å². The van der Waals surface area contributed by atoms with Gasteiger partial charge in [-0.1, -0.05) is 20.8 Å². The third-order valence-corrected chi connectivity index (χ3v) is 3.97. The zero-order valence-corrected chi connectivity index (χ0v) is 13.3. The average Bonchev–Trinajstić information content (AvgIpc) is 2.70. The lowest BCUT2D eigenvalue weighted by Crippen LogP contribution is -2.44. The van der Waals surface area contributed by atoms with Crippen LogP contribution in [0.5, 0.6) is 0 Å². The number of urea groups is 1. The van der Waals surface area contributed by atoms with Crippen molar-refractivity contribution in [3.05, 3.63) is 0 Å². The number of hydrogen-bond donors (Lipinski definition) is 2. The Morgan fingerprint density at radius 1 is 1.40 bits per heavy atom. The molecule has 0 saturated carbocycles. The molecule has 1 saturated heterocycles. The highest BCUT2D eigenvalue weighted by Gasteiger charge is 2.42. The molecule has 0 radical (unpaired) electrons. The number of likely N-dealkylation sites (tertiary alicyclic amines) is 1. The molecule has 1 heterocycles. The number of nitrogens with one attached hydrogen (secondary N) is 1. The van der Waals surface area contributed by atoms with E-state index in [1.54, 1.807) is 11.8 Å². The number of rotatable bonds is 4. The minimum atomic E-state index is -0.825. The van der Waals surface area contributed by atoms with Gasteiger partial charge in [0, 0.05) is 19.1 Å². The van der Waals surface area contributed by atoms with Crippen LogP contribution in [0.4, 0.5) is 4.79 Å². The summed E-state index contributed by atoms with van der Waals surface area (Å²) in [5.74, 6) is -0.825. The van der Waals surface area contributed by atoms with Gasteiger partial charge in [0.1, 0.15) is 0 Å². The van der Waals surface area contributed by atoms with E-state index in [9.17, 15) is 9.59 Å². The van der Waals surface area contributed by atoms with Gasteiger partial charge in [0.15, 0.2) is 0 Å². The van der Waals surface area contributed by atoms with E-state index in [0.29, 0.717) is 19.5 Å². The molecule has 1 aliphatic heterocycles. The predicted molar refractivity (Wildman–Crippen MR) is 78.6 cm³/mol. The SMILES string of the molecule is CC(CCC(C)(C)C)NC(=O)N1CCC(C)(C(=O)O)C1. The maximum atomic E-state index is 12.1. The van der Waals surface area contributed by atoms with Gasteiger partial charge < -0.3 is 15.3 Å². The lowest BCUT2D eigenvalue weighted by atomic mass is 9.89. The number of aliphatic carboxylic acids is 1. The highest BCUT2D eigenvalue weighted by Crippen LogP contribution is 2.30. The molecule has 2 unspecified atom stereocenters. The first-order valence-electron chi connectivity index (χ1n) is 7.32. The van der Waals surface area contributed by atoms with Crippen molar-refractivity contribution < 1.29 is 14.7 Å². The average molecular weight is 284 g/mol. The molecule has 20 heavy (non-hydrogen) atoms. The molecule has 0 aromatic carbocycles. The van der Waals surface area contributed by atoms with Crippen molar-refractivity contribution in [3.63, 3.8) is 0 Å². The summed E-state index contributed by atoms with van der Waals surface area (Å²) < 4.78 is 0. The summed E-state index contributed by atoms with van der Waals surface area (Å²) in [6.45, 7) is 11.0. The van der Waals surface area contributed by atoms with Crippen LogP contribution in [-0.2, 0) is 4.79 Å². The fourth-order valence-corrected chi connectivity index (χ4v) is 2.33. The molecule has 5 heteroatoms. The monoisotopic (exact) mass is 284 g/mol. The van der Waals surface area contributed by atoms with Crippen LogP contribution in [-0.4, -0.2) is 41.1 Å². The summed E-state index contributed by atoms with van der Waals surface area (Å²) in [5, 5.41) is 12.1. The molecule has 116 valence electrons. The fraction of sp³-hybridized carbons (Fsp3) is 0.867. The molecule has 1 fully saturated rings. The maximum Gasteiger partial charge on any atom is 0.317 e. The standard InChI is InChI=1S/C15H28N2O3/c1-11(6-7-14(2,3)4)16-13(20)17-9-8-15(5,10-17)12(18)19/h11H,6-10H2,1-5H3,(H,16,20)(H,18,19). The van der Waals surface area contributed by atoms with Crippen molar-refractivity contribution in [3.8, 4) is 0 Å². The van der Waals surface area contributed by atoms with Gasteiger partial charge in [-0.05, 0) is 38.5 Å². The number of carboxylic acid groups (broad SMARTS) is 1. The first-order chi connectivity index (χ1) is 9.03. The first kappa shape index (κ1) is 16.8. The van der Waals surface area contributed by atoms with Gasteiger partial charge in [-0.3, -0.25) is 4.79 Å². The Labute approximate surface area is 121 Å². The molecule has 1 rings (SSSR count). The molecule has 0 aromatic heterocycles. The van der Waals surface area contributed by atoms with Crippen LogP contribution in [0.3, 0.4) is 0 Å². The first-order valence-corrected chi connectivity index (χ1v) is 7.32. The van der Waals surface area contributed by atoms with Crippen molar-refractivity contribution in [2.45, 2.75) is 59.9 Å². The molecular formula is C15H28N2O3. The second-order valence-electron chi connectivity index (χ2n) is 7.49. The van der Waals surface area contributed by atoms with E-state index in [0.717, 1.165) is 12.8 Å². The molecule has 2 N–H and O–H groups in total. The van der Waals surface area contributed by atoms with Gasteiger partial charge >= 0.3 is 12.0 Å². The van der Waals surface area contributed by atoms with Gasteiger partial charge in [0.05, 0.1) is 5.41 Å². The number of hydrogen-bond acceptors (Lipinski definition) is 2. The molecule has 1 aliphatic rings. The quantitative estimate of drug-likeness (QED) is 0.834. The number of carboxylic acids is 1. The normalized spacial score (nSPS) is 24.6. The summed E-state index contributed by atoms with van der Waals surface area (Å²) in [6.07, 6.45) is 2.49. The van der Waals surface area contributed by atoms with Crippen molar-refractivity contribution >= 4 is 12.0 Å². The molecular weight excluding hydrogens is 256 g/mol. The van der Waals surface area contributed by atoms with E-state index in [1.165, 1.54) is 0 Å². The van der Waals surface area contributed by atoms with Gasteiger partial charge in [0.2, 0.25) is 0 Å². The molecule has 2 atom stereocenters. The van der Waals surface area contributed by atoms with E-state index in [4.69, 9.17) is 5.11 Å². The second-order valence-corrected chi connectivity index (χ2v) is 7.49. The van der Waals surface area contributed by atoms with Crippen molar-refractivity contribution in [2.75, 3.05) is 13.1 Å². The minimum absolute atomic E-state index is 0.110. The zero-order valence-electron chi connectivity index (χ0n) is 13.3. The topological polar surface area (TPSA) is 69.6 Å². The third kappa shape index (κ3) is 4.69. The summed E-state index contributed by atoms with van der Waals surface area (Å²) in [7, 11) is 0. The number of carbonyl (C=O) groups is 2. The van der Waals surface area contributed by atoms with E-state index in [-0.39, 0.29) is 17.5 Å². The predicted octanol–water partition coefficient (Wildman–Crippen LogP) is 2.71. The van der Waals surface area contributed by atoms with Crippen LogP contribution in [0.25, 0.3) is 0 Å². The van der Waals surface area contributed by atoms with Crippen molar-refractivity contribution in [1.82, 2.24) is 10.2 Å². The summed E-state index contributed by atoms with van der Waals surface area (Å²) >= 11 is 0. The summed E-state index contributed by atoms with van der Waals surface area (Å²) in [6, 6.07) is -0.0326. The Bertz CT molecular complexity index is 376. The van der Waals surface area contributed by atoms with E-state index in [2.05, 4.69) is 26.1 Å². The Morgan fingerprint density at radius 2 is 2.00 bits per heavy atom. The summed E-state index contributed by atoms with van der Waals surface area (Å²) in [5.41, 5.74) is -0.541. The van der Waals surface area contributed by atoms with Gasteiger partial charge in [-0.15, -0.1) is 0 Å². The lowest BCUT2D eigenvalue weighted by Gasteiger charge is -2.25. The molecule has 5 nitrogen and oxygen atoms in total. The molecule has 0 bridgehead atoms. The lowest BCUT2D eigenvalue weighted by molar-refractivity contribution is -0.146.